The number of likely N-dealkylation sites (N-methyl/N-ethyl adjacent to an activating group) is 1. The summed E-state index contributed by atoms with van der Waals surface area (Å²) in [4.78, 5) is 12.9. The summed E-state index contributed by atoms with van der Waals surface area (Å²) < 4.78 is 12.2. The minimum absolute atomic E-state index is 0. The van der Waals surface area contributed by atoms with Crippen LogP contribution in [0.25, 0.3) is 0 Å². The first-order chi connectivity index (χ1) is 11.6. The first-order valence-corrected chi connectivity index (χ1v) is 9.29. The third-order valence-corrected chi connectivity index (χ3v) is 5.80. The SMILES string of the molecule is C[N+]1(CCCOC(=O)C2(c3ccccc3)CCCC2)CCOCC1.[I-]. The van der Waals surface area contributed by atoms with E-state index in [2.05, 4.69) is 19.2 Å². The normalized spacial score (nSPS) is 21.3. The van der Waals surface area contributed by atoms with Crippen molar-refractivity contribution in [2.75, 3.05) is 46.5 Å². The van der Waals surface area contributed by atoms with Crippen molar-refractivity contribution < 1.29 is 42.7 Å². The molecule has 0 bridgehead atoms. The largest absolute Gasteiger partial charge is 1.00 e. The molecule has 0 radical (unpaired) electrons. The number of ether oxygens (including phenoxy) is 2. The molecule has 0 unspecified atom stereocenters. The van der Waals surface area contributed by atoms with Crippen LogP contribution in [0.4, 0.5) is 0 Å². The minimum Gasteiger partial charge on any atom is -1.00 e. The third kappa shape index (κ3) is 4.95. The Bertz CT molecular complexity index is 537. The number of hydrogen-bond donors (Lipinski definition) is 0. The number of carbonyl (C=O) groups excluding carboxylic acids is 1. The van der Waals surface area contributed by atoms with Gasteiger partial charge in [0, 0.05) is 6.42 Å². The summed E-state index contributed by atoms with van der Waals surface area (Å²) >= 11 is 0. The van der Waals surface area contributed by atoms with Crippen molar-refractivity contribution in [3.05, 3.63) is 35.9 Å². The molecule has 1 aliphatic heterocycles. The van der Waals surface area contributed by atoms with E-state index in [-0.39, 0.29) is 29.9 Å². The third-order valence-electron chi connectivity index (χ3n) is 5.80. The number of nitrogens with zero attached hydrogens (tertiary/aromatic N) is 1. The van der Waals surface area contributed by atoms with Crippen molar-refractivity contribution in [1.82, 2.24) is 0 Å². The molecule has 0 amide bonds. The van der Waals surface area contributed by atoms with Gasteiger partial charge >= 0.3 is 5.97 Å². The van der Waals surface area contributed by atoms with Gasteiger partial charge in [0.2, 0.25) is 0 Å². The van der Waals surface area contributed by atoms with Gasteiger partial charge in [0.15, 0.2) is 0 Å². The molecular formula is C20H30INO3. The van der Waals surface area contributed by atoms with Crippen LogP contribution in [0.3, 0.4) is 0 Å². The first-order valence-electron chi connectivity index (χ1n) is 9.29. The van der Waals surface area contributed by atoms with Crippen molar-refractivity contribution in [3.63, 3.8) is 0 Å². The lowest BCUT2D eigenvalue weighted by atomic mass is 9.79. The maximum atomic E-state index is 12.9. The molecular weight excluding hydrogens is 429 g/mol. The van der Waals surface area contributed by atoms with Crippen LogP contribution in [-0.2, 0) is 19.7 Å². The van der Waals surface area contributed by atoms with Gasteiger partial charge in [0.05, 0.1) is 38.8 Å². The zero-order valence-electron chi connectivity index (χ0n) is 15.2. The van der Waals surface area contributed by atoms with Crippen LogP contribution in [0.15, 0.2) is 30.3 Å². The fourth-order valence-electron chi connectivity index (χ4n) is 4.10. The summed E-state index contributed by atoms with van der Waals surface area (Å²) in [7, 11) is 2.27. The van der Waals surface area contributed by atoms with Gasteiger partial charge in [-0.15, -0.1) is 0 Å². The molecule has 25 heavy (non-hydrogen) atoms. The topological polar surface area (TPSA) is 35.5 Å². The van der Waals surface area contributed by atoms with Crippen LogP contribution in [0, 0.1) is 0 Å². The van der Waals surface area contributed by atoms with Gasteiger partial charge < -0.3 is 37.9 Å². The quantitative estimate of drug-likeness (QED) is 0.258. The fraction of sp³-hybridized carbons (Fsp3) is 0.650. The number of benzene rings is 1. The zero-order chi connectivity index (χ0) is 16.9. The van der Waals surface area contributed by atoms with Gasteiger partial charge in [0.25, 0.3) is 0 Å². The molecule has 1 aromatic carbocycles. The molecule has 140 valence electrons. The Hall–Kier alpha value is -0.660. The molecule has 1 aromatic rings. The highest BCUT2D eigenvalue weighted by molar-refractivity contribution is 5.83. The second-order valence-electron chi connectivity index (χ2n) is 7.55. The molecule has 0 atom stereocenters. The van der Waals surface area contributed by atoms with E-state index >= 15 is 0 Å². The second-order valence-corrected chi connectivity index (χ2v) is 7.55. The lowest BCUT2D eigenvalue weighted by molar-refractivity contribution is -0.917. The Morgan fingerprint density at radius 1 is 1.16 bits per heavy atom. The van der Waals surface area contributed by atoms with Crippen molar-refractivity contribution in [2.24, 2.45) is 0 Å². The maximum Gasteiger partial charge on any atom is 0.316 e. The summed E-state index contributed by atoms with van der Waals surface area (Å²) in [5, 5.41) is 0. The molecule has 2 aliphatic rings. The highest BCUT2D eigenvalue weighted by atomic mass is 127. The molecule has 1 saturated heterocycles. The number of hydrogen-bond acceptors (Lipinski definition) is 3. The Balaban J connectivity index is 0.00000225. The van der Waals surface area contributed by atoms with Crippen LogP contribution in [-0.4, -0.2) is 57.0 Å². The predicted molar refractivity (Wildman–Crippen MR) is 93.8 cm³/mol. The number of rotatable bonds is 6. The Morgan fingerprint density at radius 2 is 1.80 bits per heavy atom. The average molecular weight is 459 g/mol. The summed E-state index contributed by atoms with van der Waals surface area (Å²) in [6.07, 6.45) is 4.98. The lowest BCUT2D eigenvalue weighted by Gasteiger charge is -2.37. The molecule has 0 aromatic heterocycles. The number of carbonyl (C=O) groups is 1. The highest BCUT2D eigenvalue weighted by Gasteiger charge is 2.44. The van der Waals surface area contributed by atoms with Crippen molar-refractivity contribution >= 4 is 5.97 Å². The fourth-order valence-corrected chi connectivity index (χ4v) is 4.10. The number of halogens is 1. The van der Waals surface area contributed by atoms with E-state index in [0.29, 0.717) is 6.61 Å². The van der Waals surface area contributed by atoms with Crippen molar-refractivity contribution in [3.8, 4) is 0 Å². The standard InChI is InChI=1S/C20H30NO3.HI/c1-21(13-16-23-17-14-21)12-7-15-24-19(22)20(10-5-6-11-20)18-8-3-2-4-9-18;/h2-4,8-9H,5-7,10-17H2,1H3;1H/q+1;/p-1. The van der Waals surface area contributed by atoms with E-state index in [1.807, 2.05) is 18.2 Å². The van der Waals surface area contributed by atoms with E-state index in [0.717, 1.165) is 75.0 Å². The molecule has 0 N–H and O–H groups in total. The van der Waals surface area contributed by atoms with Crippen molar-refractivity contribution in [1.29, 1.82) is 0 Å². The van der Waals surface area contributed by atoms with Crippen LogP contribution in [0.2, 0.25) is 0 Å². The van der Waals surface area contributed by atoms with E-state index < -0.39 is 5.41 Å². The first kappa shape index (κ1) is 20.6. The molecule has 1 saturated carbocycles. The van der Waals surface area contributed by atoms with Crippen LogP contribution in [0.5, 0.6) is 0 Å². The molecule has 4 nitrogen and oxygen atoms in total. The van der Waals surface area contributed by atoms with E-state index in [4.69, 9.17) is 9.47 Å². The summed E-state index contributed by atoms with van der Waals surface area (Å²) in [5.41, 5.74) is 0.721. The summed E-state index contributed by atoms with van der Waals surface area (Å²) in [6, 6.07) is 10.2. The lowest BCUT2D eigenvalue weighted by Crippen LogP contribution is -3.00. The summed E-state index contributed by atoms with van der Waals surface area (Å²) in [6.45, 7) is 5.38. The van der Waals surface area contributed by atoms with Crippen LogP contribution in [0.1, 0.15) is 37.7 Å². The molecule has 5 heteroatoms. The number of esters is 1. The summed E-state index contributed by atoms with van der Waals surface area (Å²) in [5.74, 6) is -0.0177. The van der Waals surface area contributed by atoms with Gasteiger partial charge in [-0.2, -0.15) is 0 Å². The Kier molecular flexibility index (Phi) is 7.70. The number of morpholine rings is 1. The zero-order valence-corrected chi connectivity index (χ0v) is 17.4. The molecule has 1 heterocycles. The molecule has 3 rings (SSSR count). The van der Waals surface area contributed by atoms with Gasteiger partial charge in [0.1, 0.15) is 13.1 Å². The highest BCUT2D eigenvalue weighted by Crippen LogP contribution is 2.42. The van der Waals surface area contributed by atoms with Crippen LogP contribution < -0.4 is 24.0 Å². The molecule has 1 aliphatic carbocycles. The van der Waals surface area contributed by atoms with Gasteiger partial charge in [-0.1, -0.05) is 43.2 Å². The maximum absolute atomic E-state index is 12.9. The van der Waals surface area contributed by atoms with Crippen LogP contribution >= 0.6 is 0 Å². The van der Waals surface area contributed by atoms with E-state index in [1.165, 1.54) is 0 Å². The predicted octanol–water partition coefficient (Wildman–Crippen LogP) is -0.0875. The van der Waals surface area contributed by atoms with Gasteiger partial charge in [-0.25, -0.2) is 0 Å². The molecule has 0 spiro atoms. The average Bonchev–Trinajstić information content (AvgIpc) is 3.11. The smallest absolute Gasteiger partial charge is 0.316 e. The minimum atomic E-state index is -0.404. The Labute approximate surface area is 168 Å². The van der Waals surface area contributed by atoms with E-state index in [1.54, 1.807) is 0 Å². The molecule has 2 fully saturated rings. The van der Waals surface area contributed by atoms with E-state index in [9.17, 15) is 4.79 Å². The van der Waals surface area contributed by atoms with Gasteiger partial charge in [-0.05, 0) is 18.4 Å². The van der Waals surface area contributed by atoms with Gasteiger partial charge in [-0.3, -0.25) is 4.79 Å². The van der Waals surface area contributed by atoms with Crippen molar-refractivity contribution in [2.45, 2.75) is 37.5 Å². The Morgan fingerprint density at radius 3 is 2.44 bits per heavy atom. The second kappa shape index (κ2) is 9.33. The number of quaternary nitrogens is 1. The monoisotopic (exact) mass is 459 g/mol.